The lowest BCUT2D eigenvalue weighted by atomic mass is 10.7. The van der Waals surface area contributed by atoms with Gasteiger partial charge < -0.3 is 0 Å². The van der Waals surface area contributed by atoms with Crippen LogP contribution in [0.3, 0.4) is 0 Å². The van der Waals surface area contributed by atoms with Crippen LogP contribution in [0.4, 0.5) is 8.78 Å². The van der Waals surface area contributed by atoms with E-state index in [1.807, 2.05) is 0 Å². The summed E-state index contributed by atoms with van der Waals surface area (Å²) in [5.74, 6) is 0. The Labute approximate surface area is 58.7 Å². The molecule has 4 heteroatoms. The summed E-state index contributed by atoms with van der Waals surface area (Å²) in [7, 11) is 0. The van der Waals surface area contributed by atoms with E-state index in [1.54, 1.807) is 0 Å². The van der Waals surface area contributed by atoms with Crippen LogP contribution in [0.2, 0.25) is 0 Å². The van der Waals surface area contributed by atoms with Crippen molar-refractivity contribution in [1.29, 1.82) is 0 Å². The molecule has 0 aromatic carbocycles. The van der Waals surface area contributed by atoms with Crippen LogP contribution in [-0.4, -0.2) is 6.43 Å². The second-order valence-electron chi connectivity index (χ2n) is 0.795. The fourth-order valence-electron chi connectivity index (χ4n) is 0.0476. The summed E-state index contributed by atoms with van der Waals surface area (Å²) in [6.45, 7) is 0. The zero-order valence-electron chi connectivity index (χ0n) is 3.17. The Hall–Kier alpha value is 0.620. The third-order valence-corrected chi connectivity index (χ3v) is 1.70. The van der Waals surface area contributed by atoms with E-state index >= 15 is 0 Å². The molecule has 0 N–H and O–H groups in total. The van der Waals surface area contributed by atoms with E-state index in [2.05, 4.69) is 0 Å². The van der Waals surface area contributed by atoms with Crippen LogP contribution in [0.1, 0.15) is 0 Å². The van der Waals surface area contributed by atoms with E-state index in [1.165, 1.54) is 22.6 Å². The first-order valence-corrected chi connectivity index (χ1v) is 2.94. The first-order chi connectivity index (χ1) is 3.18. The molecule has 0 aliphatic rings. The predicted molar refractivity (Wildman–Crippen MR) is 34.0 cm³/mol. The highest BCUT2D eigenvalue weighted by Gasteiger charge is 2.03. The van der Waals surface area contributed by atoms with Crippen molar-refractivity contribution >= 4 is 34.2 Å². The monoisotopic (exact) mass is 238 g/mol. The number of hydrogen-bond donors (Lipinski definition) is 0. The molecule has 0 heterocycles. The summed E-state index contributed by atoms with van der Waals surface area (Å²) in [5, 5.41) is 0. The molecule has 0 amide bonds. The third kappa shape index (κ3) is 3.22. The van der Waals surface area contributed by atoms with Crippen LogP contribution >= 0.6 is 34.2 Å². The van der Waals surface area contributed by atoms with Crippen LogP contribution in [0.25, 0.3) is 0 Å². The molecule has 0 aliphatic carbocycles. The fourth-order valence-corrected chi connectivity index (χ4v) is 0.143. The van der Waals surface area contributed by atoms with Crippen molar-refractivity contribution in [2.75, 3.05) is 0 Å². The van der Waals surface area contributed by atoms with Gasteiger partial charge in [-0.1, -0.05) is 11.6 Å². The zero-order valence-corrected chi connectivity index (χ0v) is 6.08. The molecule has 0 aliphatic heterocycles. The average Bonchev–Trinajstić information content (AvgIpc) is 1.65. The summed E-state index contributed by atoms with van der Waals surface area (Å²) in [6.07, 6.45) is -2.42. The molecule has 0 aromatic rings. The third-order valence-electron chi connectivity index (χ3n) is 0.313. The summed E-state index contributed by atoms with van der Waals surface area (Å²) < 4.78 is 22.4. The van der Waals surface area contributed by atoms with Gasteiger partial charge in [-0.2, -0.15) is 0 Å². The van der Waals surface area contributed by atoms with Gasteiger partial charge in [0, 0.05) is 5.54 Å². The molecule has 0 fully saturated rings. The largest absolute Gasteiger partial charge is 0.270 e. The Morgan fingerprint density at radius 3 is 2.14 bits per heavy atom. The molecule has 0 saturated carbocycles. The lowest BCUT2D eigenvalue weighted by Gasteiger charge is -1.88. The van der Waals surface area contributed by atoms with E-state index in [0.717, 1.165) is 5.54 Å². The van der Waals surface area contributed by atoms with Crippen LogP contribution in [0, 0.1) is 0 Å². The van der Waals surface area contributed by atoms with Crippen molar-refractivity contribution in [3.8, 4) is 0 Å². The van der Waals surface area contributed by atoms with Crippen molar-refractivity contribution in [2.45, 2.75) is 6.43 Å². The maximum Gasteiger partial charge on any atom is 0.270 e. The van der Waals surface area contributed by atoms with Gasteiger partial charge in [0.2, 0.25) is 0 Å². The topological polar surface area (TPSA) is 0 Å². The molecule has 42 valence electrons. The SMILES string of the molecule is FC(F)/C(I)=C\Cl. The molecule has 0 radical (unpaired) electrons. The van der Waals surface area contributed by atoms with Gasteiger partial charge in [-0.15, -0.1) is 0 Å². The number of hydrogen-bond acceptors (Lipinski definition) is 0. The normalized spacial score (nSPS) is 13.0. The smallest absolute Gasteiger partial charge is 0.204 e. The standard InChI is InChI=1S/C3H2ClF2I/c4-1-2(7)3(5)6/h1,3H/b2-1+. The second kappa shape index (κ2) is 3.60. The molecule has 0 nitrogen and oxygen atoms in total. The van der Waals surface area contributed by atoms with Gasteiger partial charge in [0.1, 0.15) is 0 Å². The van der Waals surface area contributed by atoms with Gasteiger partial charge in [0.25, 0.3) is 6.43 Å². The number of alkyl halides is 2. The van der Waals surface area contributed by atoms with Crippen molar-refractivity contribution in [2.24, 2.45) is 0 Å². The fraction of sp³-hybridized carbons (Fsp3) is 0.333. The average molecular weight is 238 g/mol. The number of allylic oxidation sites excluding steroid dienone is 1. The minimum Gasteiger partial charge on any atom is -0.204 e. The summed E-state index contributed by atoms with van der Waals surface area (Å²) in [6, 6.07) is 0. The predicted octanol–water partition coefficient (Wildman–Crippen LogP) is 2.77. The molecular weight excluding hydrogens is 236 g/mol. The Balaban J connectivity index is 3.56. The second-order valence-corrected chi connectivity index (χ2v) is 2.26. The first kappa shape index (κ1) is 7.62. The van der Waals surface area contributed by atoms with Crippen LogP contribution < -0.4 is 0 Å². The number of halogens is 4. The highest BCUT2D eigenvalue weighted by molar-refractivity contribution is 14.1. The van der Waals surface area contributed by atoms with E-state index in [-0.39, 0.29) is 3.58 Å². The van der Waals surface area contributed by atoms with E-state index in [0.29, 0.717) is 0 Å². The first-order valence-electron chi connectivity index (χ1n) is 1.42. The van der Waals surface area contributed by atoms with E-state index < -0.39 is 6.43 Å². The van der Waals surface area contributed by atoms with Gasteiger partial charge in [0.15, 0.2) is 0 Å². The van der Waals surface area contributed by atoms with Crippen molar-refractivity contribution in [3.63, 3.8) is 0 Å². The van der Waals surface area contributed by atoms with Crippen LogP contribution in [0.5, 0.6) is 0 Å². The minimum absolute atomic E-state index is 0.126. The molecule has 0 spiro atoms. The molecule has 0 rings (SSSR count). The maximum absolute atomic E-state index is 11.3. The Morgan fingerprint density at radius 1 is 1.71 bits per heavy atom. The van der Waals surface area contributed by atoms with Gasteiger partial charge in [-0.3, -0.25) is 0 Å². The molecular formula is C3H2ClF2I. The zero-order chi connectivity index (χ0) is 5.86. The lowest BCUT2D eigenvalue weighted by Crippen LogP contribution is -1.84. The maximum atomic E-state index is 11.3. The molecule has 7 heavy (non-hydrogen) atoms. The van der Waals surface area contributed by atoms with Gasteiger partial charge in [0.05, 0.1) is 3.58 Å². The van der Waals surface area contributed by atoms with E-state index in [9.17, 15) is 8.78 Å². The Bertz CT molecular complexity index is 81.0. The van der Waals surface area contributed by atoms with Gasteiger partial charge in [-0.05, 0) is 22.6 Å². The van der Waals surface area contributed by atoms with Crippen molar-refractivity contribution in [3.05, 3.63) is 9.12 Å². The molecule has 0 aromatic heterocycles. The highest BCUT2D eigenvalue weighted by Crippen LogP contribution is 2.16. The lowest BCUT2D eigenvalue weighted by molar-refractivity contribution is 0.202. The molecule has 0 bridgehead atoms. The Morgan fingerprint density at radius 2 is 2.14 bits per heavy atom. The highest BCUT2D eigenvalue weighted by atomic mass is 127. The molecule has 0 unspecified atom stereocenters. The van der Waals surface area contributed by atoms with Crippen molar-refractivity contribution in [1.82, 2.24) is 0 Å². The molecule has 0 saturated heterocycles. The Kier molecular flexibility index (Phi) is 3.92. The minimum atomic E-state index is -2.42. The van der Waals surface area contributed by atoms with Gasteiger partial charge in [-0.25, -0.2) is 8.78 Å². The van der Waals surface area contributed by atoms with Crippen molar-refractivity contribution < 1.29 is 8.78 Å². The number of rotatable bonds is 1. The summed E-state index contributed by atoms with van der Waals surface area (Å²) in [4.78, 5) is 0. The summed E-state index contributed by atoms with van der Waals surface area (Å²) in [5.41, 5.74) is 0.866. The quantitative estimate of drug-likeness (QED) is 0.616. The van der Waals surface area contributed by atoms with Gasteiger partial charge >= 0.3 is 0 Å². The van der Waals surface area contributed by atoms with Crippen LogP contribution in [-0.2, 0) is 0 Å². The summed E-state index contributed by atoms with van der Waals surface area (Å²) >= 11 is 6.37. The molecule has 0 atom stereocenters. The van der Waals surface area contributed by atoms with Crippen LogP contribution in [0.15, 0.2) is 9.12 Å². The van der Waals surface area contributed by atoms with E-state index in [4.69, 9.17) is 11.6 Å².